The third-order valence-corrected chi connectivity index (χ3v) is 5.03. The van der Waals surface area contributed by atoms with Crippen LogP contribution in [0.15, 0.2) is 42.5 Å². The van der Waals surface area contributed by atoms with Crippen molar-refractivity contribution in [2.24, 2.45) is 11.8 Å². The van der Waals surface area contributed by atoms with Crippen molar-refractivity contribution in [2.75, 3.05) is 0 Å². The molecule has 1 saturated carbocycles. The van der Waals surface area contributed by atoms with E-state index in [1.165, 1.54) is 42.9 Å². The maximum absolute atomic E-state index is 2.44. The molecule has 0 N–H and O–H groups in total. The van der Waals surface area contributed by atoms with Gasteiger partial charge in [0.05, 0.1) is 0 Å². The highest BCUT2D eigenvalue weighted by molar-refractivity contribution is 5.83. The summed E-state index contributed by atoms with van der Waals surface area (Å²) in [6, 6.07) is 15.9. The zero-order valence-corrected chi connectivity index (χ0v) is 12.8. The summed E-state index contributed by atoms with van der Waals surface area (Å²) in [6.45, 7) is 4.79. The van der Waals surface area contributed by atoms with Crippen LogP contribution in [-0.2, 0) is 0 Å². The molecule has 20 heavy (non-hydrogen) atoms. The Hall–Kier alpha value is -1.30. The lowest BCUT2D eigenvalue weighted by Gasteiger charge is -2.33. The predicted octanol–water partition coefficient (Wildman–Crippen LogP) is 6.16. The molecule has 0 saturated heterocycles. The summed E-state index contributed by atoms with van der Waals surface area (Å²) in [5, 5.41) is 2.76. The van der Waals surface area contributed by atoms with Crippen molar-refractivity contribution in [1.82, 2.24) is 0 Å². The summed E-state index contributed by atoms with van der Waals surface area (Å²) in [7, 11) is 0. The fraction of sp³-hybridized carbons (Fsp3) is 0.500. The molecular weight excluding hydrogens is 240 g/mol. The van der Waals surface area contributed by atoms with E-state index in [9.17, 15) is 0 Å². The Labute approximate surface area is 123 Å². The van der Waals surface area contributed by atoms with E-state index in [0.29, 0.717) is 0 Å². The molecule has 0 nitrogen and oxygen atoms in total. The van der Waals surface area contributed by atoms with Crippen molar-refractivity contribution in [2.45, 2.75) is 51.9 Å². The average molecular weight is 266 g/mol. The topological polar surface area (TPSA) is 0 Å². The van der Waals surface area contributed by atoms with E-state index >= 15 is 0 Å². The lowest BCUT2D eigenvalue weighted by molar-refractivity contribution is 0.260. The molecule has 0 amide bonds. The molecule has 3 rings (SSSR count). The SMILES string of the molecule is CC(C)C(c1ccc2ccccc2c1)C1CCCCC1. The lowest BCUT2D eigenvalue weighted by Crippen LogP contribution is -2.20. The van der Waals surface area contributed by atoms with Gasteiger partial charge in [-0.05, 0) is 46.9 Å². The van der Waals surface area contributed by atoms with Crippen LogP contribution in [0, 0.1) is 11.8 Å². The van der Waals surface area contributed by atoms with Crippen molar-refractivity contribution in [3.8, 4) is 0 Å². The van der Waals surface area contributed by atoms with Crippen molar-refractivity contribution >= 4 is 10.8 Å². The van der Waals surface area contributed by atoms with Crippen LogP contribution in [0.5, 0.6) is 0 Å². The molecule has 2 aromatic rings. The number of hydrogen-bond donors (Lipinski definition) is 0. The second-order valence-corrected chi connectivity index (χ2v) is 6.77. The molecule has 1 atom stereocenters. The van der Waals surface area contributed by atoms with Crippen LogP contribution in [0.1, 0.15) is 57.4 Å². The third-order valence-electron chi connectivity index (χ3n) is 5.03. The van der Waals surface area contributed by atoms with Gasteiger partial charge in [0.15, 0.2) is 0 Å². The monoisotopic (exact) mass is 266 g/mol. The van der Waals surface area contributed by atoms with E-state index < -0.39 is 0 Å². The Morgan fingerprint density at radius 2 is 1.55 bits per heavy atom. The van der Waals surface area contributed by atoms with E-state index in [2.05, 4.69) is 56.3 Å². The van der Waals surface area contributed by atoms with Crippen molar-refractivity contribution in [1.29, 1.82) is 0 Å². The fourth-order valence-corrected chi connectivity index (χ4v) is 4.11. The Bertz CT molecular complexity index is 561. The fourth-order valence-electron chi connectivity index (χ4n) is 4.11. The van der Waals surface area contributed by atoms with E-state index in [1.807, 2.05) is 0 Å². The standard InChI is InChI=1S/C20H26/c1-15(2)20(17-9-4-3-5-10-17)19-13-12-16-8-6-7-11-18(16)14-19/h6-8,11-15,17,20H,3-5,9-10H2,1-2H3. The van der Waals surface area contributed by atoms with Gasteiger partial charge in [0.25, 0.3) is 0 Å². The van der Waals surface area contributed by atoms with Gasteiger partial charge in [-0.2, -0.15) is 0 Å². The molecule has 0 aromatic heterocycles. The summed E-state index contributed by atoms with van der Waals surface area (Å²) in [6.07, 6.45) is 7.16. The first-order valence-electron chi connectivity index (χ1n) is 8.24. The lowest BCUT2D eigenvalue weighted by atomic mass is 9.72. The quantitative estimate of drug-likeness (QED) is 0.624. The number of benzene rings is 2. The zero-order chi connectivity index (χ0) is 13.9. The minimum atomic E-state index is 0.735. The van der Waals surface area contributed by atoms with Gasteiger partial charge in [0.2, 0.25) is 0 Å². The van der Waals surface area contributed by atoms with Gasteiger partial charge in [-0.3, -0.25) is 0 Å². The van der Waals surface area contributed by atoms with Gasteiger partial charge < -0.3 is 0 Å². The largest absolute Gasteiger partial charge is 0.0622 e. The van der Waals surface area contributed by atoms with Crippen LogP contribution in [-0.4, -0.2) is 0 Å². The molecule has 0 heterocycles. The normalized spacial score (nSPS) is 18.6. The second-order valence-electron chi connectivity index (χ2n) is 6.77. The van der Waals surface area contributed by atoms with E-state index in [1.54, 1.807) is 5.56 Å². The predicted molar refractivity (Wildman–Crippen MR) is 88.1 cm³/mol. The highest BCUT2D eigenvalue weighted by atomic mass is 14.3. The molecule has 0 spiro atoms. The van der Waals surface area contributed by atoms with Gasteiger partial charge in [0.1, 0.15) is 0 Å². The third kappa shape index (κ3) is 2.75. The van der Waals surface area contributed by atoms with Crippen molar-refractivity contribution in [3.05, 3.63) is 48.0 Å². The molecule has 0 aliphatic heterocycles. The molecule has 1 unspecified atom stereocenters. The maximum Gasteiger partial charge on any atom is -0.0110 e. The summed E-state index contributed by atoms with van der Waals surface area (Å²) in [5.41, 5.74) is 1.56. The molecule has 0 radical (unpaired) electrons. The van der Waals surface area contributed by atoms with Crippen LogP contribution in [0.2, 0.25) is 0 Å². The van der Waals surface area contributed by atoms with Gasteiger partial charge in [-0.1, -0.05) is 75.6 Å². The molecule has 1 aliphatic rings. The Morgan fingerprint density at radius 3 is 2.25 bits per heavy atom. The Morgan fingerprint density at radius 1 is 0.850 bits per heavy atom. The first-order chi connectivity index (χ1) is 9.75. The van der Waals surface area contributed by atoms with Crippen LogP contribution in [0.25, 0.3) is 10.8 Å². The Balaban J connectivity index is 1.95. The van der Waals surface area contributed by atoms with E-state index in [0.717, 1.165) is 17.8 Å². The van der Waals surface area contributed by atoms with Crippen LogP contribution in [0.3, 0.4) is 0 Å². The second kappa shape index (κ2) is 5.99. The minimum absolute atomic E-state index is 0.735. The summed E-state index contributed by atoms with van der Waals surface area (Å²) < 4.78 is 0. The van der Waals surface area contributed by atoms with Crippen LogP contribution >= 0.6 is 0 Å². The van der Waals surface area contributed by atoms with Gasteiger partial charge >= 0.3 is 0 Å². The van der Waals surface area contributed by atoms with Crippen LogP contribution < -0.4 is 0 Å². The number of hydrogen-bond acceptors (Lipinski definition) is 0. The summed E-state index contributed by atoms with van der Waals surface area (Å²) >= 11 is 0. The molecule has 2 aromatic carbocycles. The number of rotatable bonds is 3. The van der Waals surface area contributed by atoms with Crippen molar-refractivity contribution in [3.63, 3.8) is 0 Å². The molecule has 0 bridgehead atoms. The highest BCUT2D eigenvalue weighted by Gasteiger charge is 2.27. The van der Waals surface area contributed by atoms with Gasteiger partial charge in [0, 0.05) is 0 Å². The molecular formula is C20H26. The van der Waals surface area contributed by atoms with Gasteiger partial charge in [-0.25, -0.2) is 0 Å². The average Bonchev–Trinajstić information content (AvgIpc) is 2.48. The molecule has 0 heteroatoms. The maximum atomic E-state index is 2.44. The molecule has 1 fully saturated rings. The minimum Gasteiger partial charge on any atom is -0.0622 e. The van der Waals surface area contributed by atoms with E-state index in [-0.39, 0.29) is 0 Å². The van der Waals surface area contributed by atoms with Crippen molar-refractivity contribution < 1.29 is 0 Å². The molecule has 1 aliphatic carbocycles. The smallest absolute Gasteiger partial charge is 0.0110 e. The number of fused-ring (bicyclic) bond motifs is 1. The Kier molecular flexibility index (Phi) is 4.10. The first kappa shape index (κ1) is 13.7. The first-order valence-corrected chi connectivity index (χ1v) is 8.24. The van der Waals surface area contributed by atoms with E-state index in [4.69, 9.17) is 0 Å². The molecule has 106 valence electrons. The van der Waals surface area contributed by atoms with Crippen LogP contribution in [0.4, 0.5) is 0 Å². The summed E-state index contributed by atoms with van der Waals surface area (Å²) in [4.78, 5) is 0. The summed E-state index contributed by atoms with van der Waals surface area (Å²) in [5.74, 6) is 2.36. The van der Waals surface area contributed by atoms with Gasteiger partial charge in [-0.15, -0.1) is 0 Å². The zero-order valence-electron chi connectivity index (χ0n) is 12.8. The highest BCUT2D eigenvalue weighted by Crippen LogP contribution is 2.41.